The van der Waals surface area contributed by atoms with E-state index < -0.39 is 0 Å². The Hall–Kier alpha value is -2.59. The fourth-order valence-electron chi connectivity index (χ4n) is 3.07. The molecule has 0 aliphatic carbocycles. The van der Waals surface area contributed by atoms with Crippen molar-refractivity contribution in [2.24, 2.45) is 0 Å². The second kappa shape index (κ2) is 8.19. The van der Waals surface area contributed by atoms with E-state index in [4.69, 9.17) is 4.42 Å². The van der Waals surface area contributed by atoms with Crippen LogP contribution in [0, 0.1) is 0 Å². The lowest BCUT2D eigenvalue weighted by molar-refractivity contribution is -0.122. The minimum Gasteiger partial charge on any atom is -0.459 e. The van der Waals surface area contributed by atoms with E-state index >= 15 is 0 Å². The number of rotatable bonds is 7. The summed E-state index contributed by atoms with van der Waals surface area (Å²) in [7, 11) is 1.96. The van der Waals surface area contributed by atoms with Crippen molar-refractivity contribution >= 4 is 16.9 Å². The van der Waals surface area contributed by atoms with Crippen molar-refractivity contribution in [1.82, 2.24) is 10.2 Å². The first-order valence-corrected chi connectivity index (χ1v) is 9.09. The maximum Gasteiger partial charge on any atom is 0.234 e. The Morgan fingerprint density at radius 3 is 2.50 bits per heavy atom. The van der Waals surface area contributed by atoms with Gasteiger partial charge in [-0.05, 0) is 43.7 Å². The van der Waals surface area contributed by atoms with Crippen LogP contribution in [0.15, 0.2) is 59.0 Å². The van der Waals surface area contributed by atoms with Gasteiger partial charge in [0.1, 0.15) is 11.3 Å². The minimum atomic E-state index is -0.160. The number of furan rings is 1. The number of para-hydroxylation sites is 1. The van der Waals surface area contributed by atoms with Crippen LogP contribution in [0.1, 0.15) is 36.8 Å². The number of hydrogen-bond acceptors (Lipinski definition) is 3. The molecule has 1 N–H and O–H groups in total. The first-order chi connectivity index (χ1) is 12.5. The predicted molar refractivity (Wildman–Crippen MR) is 105 cm³/mol. The van der Waals surface area contributed by atoms with Crippen LogP contribution in [0.5, 0.6) is 0 Å². The van der Waals surface area contributed by atoms with Crippen molar-refractivity contribution in [2.45, 2.75) is 32.9 Å². The minimum absolute atomic E-state index is 0.00867. The molecular weight excluding hydrogens is 324 g/mol. The molecule has 136 valence electrons. The predicted octanol–water partition coefficient (Wildman–Crippen LogP) is 4.30. The summed E-state index contributed by atoms with van der Waals surface area (Å²) in [5.74, 6) is 0.767. The number of aryl methyl sites for hydroxylation is 1. The van der Waals surface area contributed by atoms with Crippen molar-refractivity contribution < 1.29 is 9.21 Å². The molecule has 0 saturated heterocycles. The van der Waals surface area contributed by atoms with Crippen LogP contribution in [0.4, 0.5) is 0 Å². The van der Waals surface area contributed by atoms with Crippen LogP contribution < -0.4 is 5.32 Å². The summed E-state index contributed by atoms with van der Waals surface area (Å²) < 4.78 is 5.82. The molecule has 4 heteroatoms. The Kier molecular flexibility index (Phi) is 5.74. The highest BCUT2D eigenvalue weighted by Crippen LogP contribution is 2.23. The van der Waals surface area contributed by atoms with Gasteiger partial charge in [-0.15, -0.1) is 0 Å². The molecule has 1 atom stereocenters. The van der Waals surface area contributed by atoms with Gasteiger partial charge in [0, 0.05) is 11.9 Å². The second-order valence-corrected chi connectivity index (χ2v) is 6.82. The highest BCUT2D eigenvalue weighted by molar-refractivity contribution is 5.80. The topological polar surface area (TPSA) is 45.5 Å². The Labute approximate surface area is 154 Å². The van der Waals surface area contributed by atoms with Crippen molar-refractivity contribution in [3.05, 3.63) is 71.5 Å². The third-order valence-corrected chi connectivity index (χ3v) is 4.55. The number of nitrogens with one attached hydrogen (secondary N) is 1. The van der Waals surface area contributed by atoms with E-state index in [1.165, 1.54) is 11.1 Å². The molecule has 0 aliphatic heterocycles. The van der Waals surface area contributed by atoms with E-state index in [-0.39, 0.29) is 11.9 Å². The molecule has 0 radical (unpaired) electrons. The highest BCUT2D eigenvalue weighted by atomic mass is 16.3. The van der Waals surface area contributed by atoms with Crippen LogP contribution in [0.2, 0.25) is 0 Å². The lowest BCUT2D eigenvalue weighted by Gasteiger charge is -2.18. The second-order valence-electron chi connectivity index (χ2n) is 6.82. The molecule has 3 aromatic rings. The number of carbonyl (C=O) groups excluding carboxylic acids is 1. The van der Waals surface area contributed by atoms with Gasteiger partial charge in [0.2, 0.25) is 5.91 Å². The molecule has 2 aromatic carbocycles. The lowest BCUT2D eigenvalue weighted by atomic mass is 10.1. The van der Waals surface area contributed by atoms with Crippen LogP contribution in [-0.4, -0.2) is 24.4 Å². The monoisotopic (exact) mass is 350 g/mol. The molecule has 3 rings (SSSR count). The molecule has 0 unspecified atom stereocenters. The molecule has 1 heterocycles. The summed E-state index contributed by atoms with van der Waals surface area (Å²) in [5, 5.41) is 4.07. The van der Waals surface area contributed by atoms with E-state index in [0.717, 1.165) is 29.7 Å². The number of hydrogen-bond donors (Lipinski definition) is 1. The zero-order valence-electron chi connectivity index (χ0n) is 15.7. The molecule has 0 spiro atoms. The van der Waals surface area contributed by atoms with Crippen LogP contribution >= 0.6 is 0 Å². The van der Waals surface area contributed by atoms with Gasteiger partial charge in [0.05, 0.1) is 12.6 Å². The largest absolute Gasteiger partial charge is 0.459 e. The smallest absolute Gasteiger partial charge is 0.234 e. The molecule has 0 saturated carbocycles. The Morgan fingerprint density at radius 1 is 1.12 bits per heavy atom. The number of likely N-dealkylation sites (N-methyl/N-ethyl adjacent to an activating group) is 1. The molecule has 0 fully saturated rings. The maximum absolute atomic E-state index is 12.3. The summed E-state index contributed by atoms with van der Waals surface area (Å²) in [4.78, 5) is 14.4. The van der Waals surface area contributed by atoms with Crippen molar-refractivity contribution in [2.75, 3.05) is 13.6 Å². The van der Waals surface area contributed by atoms with Crippen LogP contribution in [0.25, 0.3) is 11.0 Å². The fraction of sp³-hybridized carbons (Fsp3) is 0.318. The SMILES string of the molecule is CCc1ccc(CN(C)CC(=O)N[C@H](C)c2cc3ccccc3o2)cc1. The summed E-state index contributed by atoms with van der Waals surface area (Å²) in [6.07, 6.45) is 1.04. The number of nitrogens with zero attached hydrogens (tertiary/aromatic N) is 1. The molecule has 4 nitrogen and oxygen atoms in total. The summed E-state index contributed by atoms with van der Waals surface area (Å²) in [6, 6.07) is 18.2. The Balaban J connectivity index is 1.53. The van der Waals surface area contributed by atoms with E-state index in [9.17, 15) is 4.79 Å². The average Bonchev–Trinajstić information content (AvgIpc) is 3.06. The first-order valence-electron chi connectivity index (χ1n) is 9.09. The van der Waals surface area contributed by atoms with E-state index in [2.05, 4.69) is 36.5 Å². The van der Waals surface area contributed by atoms with Gasteiger partial charge in [-0.2, -0.15) is 0 Å². The van der Waals surface area contributed by atoms with E-state index in [1.54, 1.807) is 0 Å². The zero-order valence-corrected chi connectivity index (χ0v) is 15.7. The quantitative estimate of drug-likeness (QED) is 0.691. The third-order valence-electron chi connectivity index (χ3n) is 4.55. The molecule has 0 bridgehead atoms. The normalized spacial score (nSPS) is 12.5. The molecule has 0 aliphatic rings. The molecule has 1 amide bonds. The molecular formula is C22H26N2O2. The number of carbonyl (C=O) groups is 1. The van der Waals surface area contributed by atoms with E-state index in [1.807, 2.05) is 49.2 Å². The van der Waals surface area contributed by atoms with Crippen LogP contribution in [-0.2, 0) is 17.8 Å². The van der Waals surface area contributed by atoms with Gasteiger partial charge in [0.25, 0.3) is 0 Å². The standard InChI is InChI=1S/C22H26N2O2/c1-4-17-9-11-18(12-10-17)14-24(3)15-22(25)23-16(2)21-13-19-7-5-6-8-20(19)26-21/h5-13,16H,4,14-15H2,1-3H3,(H,23,25)/t16-/m1/s1. The van der Waals surface area contributed by atoms with Gasteiger partial charge in [-0.25, -0.2) is 0 Å². The van der Waals surface area contributed by atoms with Crippen molar-refractivity contribution in [3.8, 4) is 0 Å². The van der Waals surface area contributed by atoms with Crippen LogP contribution in [0.3, 0.4) is 0 Å². The Morgan fingerprint density at radius 2 is 1.81 bits per heavy atom. The Bertz CT molecular complexity index is 834. The number of fused-ring (bicyclic) bond motifs is 1. The molecule has 1 aromatic heterocycles. The van der Waals surface area contributed by atoms with E-state index in [0.29, 0.717) is 6.54 Å². The molecule has 26 heavy (non-hydrogen) atoms. The summed E-state index contributed by atoms with van der Waals surface area (Å²) in [6.45, 7) is 5.18. The lowest BCUT2D eigenvalue weighted by Crippen LogP contribution is -2.36. The average molecular weight is 350 g/mol. The van der Waals surface area contributed by atoms with Crippen molar-refractivity contribution in [1.29, 1.82) is 0 Å². The highest BCUT2D eigenvalue weighted by Gasteiger charge is 2.15. The summed E-state index contributed by atoms with van der Waals surface area (Å²) >= 11 is 0. The van der Waals surface area contributed by atoms with Gasteiger partial charge in [0.15, 0.2) is 0 Å². The van der Waals surface area contributed by atoms with Gasteiger partial charge < -0.3 is 9.73 Å². The zero-order chi connectivity index (χ0) is 18.5. The fourth-order valence-corrected chi connectivity index (χ4v) is 3.07. The van der Waals surface area contributed by atoms with Gasteiger partial charge in [-0.1, -0.05) is 49.4 Å². The van der Waals surface area contributed by atoms with Gasteiger partial charge >= 0.3 is 0 Å². The van der Waals surface area contributed by atoms with Gasteiger partial charge in [-0.3, -0.25) is 9.69 Å². The maximum atomic E-state index is 12.3. The third kappa shape index (κ3) is 4.52. The van der Waals surface area contributed by atoms with Crippen molar-refractivity contribution in [3.63, 3.8) is 0 Å². The summed E-state index contributed by atoms with van der Waals surface area (Å²) in [5.41, 5.74) is 3.38. The first kappa shape index (κ1) is 18.2. The number of amides is 1. The number of benzene rings is 2.